The van der Waals surface area contributed by atoms with E-state index in [9.17, 15) is 22.8 Å². The molecule has 0 aliphatic heterocycles. The Balaban J connectivity index is 1.28. The minimum Gasteiger partial charge on any atom is -0.455 e. The first-order valence-electron chi connectivity index (χ1n) is 12.8. The van der Waals surface area contributed by atoms with Crippen LogP contribution in [0.4, 0.5) is 36.1 Å². The molecule has 0 unspecified atom stereocenters. The third kappa shape index (κ3) is 5.40. The summed E-state index contributed by atoms with van der Waals surface area (Å²) in [5.41, 5.74) is 8.79. The number of aromatic nitrogens is 2. The van der Waals surface area contributed by atoms with Gasteiger partial charge in [-0.2, -0.15) is 13.2 Å². The second-order valence-corrected chi connectivity index (χ2v) is 9.30. The molecule has 0 bridgehead atoms. The van der Waals surface area contributed by atoms with Gasteiger partial charge in [0, 0.05) is 33.8 Å². The molecule has 1 amide bonds. The smallest absolute Gasteiger partial charge is 0.455 e. The number of fused-ring (bicyclic) bond motifs is 3. The van der Waals surface area contributed by atoms with Crippen molar-refractivity contribution in [2.45, 2.75) is 6.18 Å². The zero-order valence-corrected chi connectivity index (χ0v) is 22.0. The Morgan fingerprint density at radius 2 is 1.58 bits per heavy atom. The van der Waals surface area contributed by atoms with Crippen LogP contribution in [0.15, 0.2) is 108 Å². The Bertz CT molecular complexity index is 1990. The molecule has 9 nitrogen and oxygen atoms in total. The first-order valence-corrected chi connectivity index (χ1v) is 12.8. The molecular weight excluding hydrogens is 563 g/mol. The van der Waals surface area contributed by atoms with Gasteiger partial charge in [-0.1, -0.05) is 42.5 Å². The molecule has 0 aliphatic carbocycles. The number of para-hydroxylation sites is 3. The van der Waals surface area contributed by atoms with Gasteiger partial charge < -0.3 is 20.3 Å². The highest BCUT2D eigenvalue weighted by molar-refractivity contribution is 6.10. The van der Waals surface area contributed by atoms with Gasteiger partial charge in [0.15, 0.2) is 0 Å². The summed E-state index contributed by atoms with van der Waals surface area (Å²) in [7, 11) is 0. The van der Waals surface area contributed by atoms with E-state index in [2.05, 4.69) is 20.1 Å². The van der Waals surface area contributed by atoms with Crippen molar-refractivity contribution in [2.24, 2.45) is 0 Å². The number of alkyl halides is 3. The molecule has 0 aliphatic rings. The largest absolute Gasteiger partial charge is 0.493 e. The molecule has 6 aromatic rings. The van der Waals surface area contributed by atoms with Crippen molar-refractivity contribution in [1.82, 2.24) is 9.97 Å². The van der Waals surface area contributed by atoms with Crippen molar-refractivity contribution in [1.29, 1.82) is 0 Å². The molecular formula is C31H20F3N5O4. The normalized spacial score (nSPS) is 11.4. The first-order chi connectivity index (χ1) is 20.7. The number of halogens is 3. The predicted octanol–water partition coefficient (Wildman–Crippen LogP) is 7.04. The zero-order chi connectivity index (χ0) is 30.1. The number of amides is 1. The number of nitrogens with zero attached hydrogens (tertiary/aromatic N) is 3. The highest BCUT2D eigenvalue weighted by Crippen LogP contribution is 2.35. The van der Waals surface area contributed by atoms with Crippen molar-refractivity contribution in [2.75, 3.05) is 16.1 Å². The van der Waals surface area contributed by atoms with Crippen LogP contribution in [0.5, 0.6) is 0 Å². The molecule has 214 valence electrons. The summed E-state index contributed by atoms with van der Waals surface area (Å²) in [5.74, 6) is -3.21. The van der Waals surface area contributed by atoms with Gasteiger partial charge >= 0.3 is 12.1 Å². The average Bonchev–Trinajstić information content (AvgIpc) is 3.39. The van der Waals surface area contributed by atoms with Crippen LogP contribution in [0.25, 0.3) is 33.2 Å². The lowest BCUT2D eigenvalue weighted by molar-refractivity contribution is -0.199. The molecule has 0 atom stereocenters. The average molecular weight is 584 g/mol. The monoisotopic (exact) mass is 583 g/mol. The predicted molar refractivity (Wildman–Crippen MR) is 154 cm³/mol. The number of hydrogen-bond donors (Lipinski definition) is 2. The van der Waals surface area contributed by atoms with Crippen LogP contribution in [0.2, 0.25) is 0 Å². The quantitative estimate of drug-likeness (QED) is 0.164. The van der Waals surface area contributed by atoms with E-state index >= 15 is 0 Å². The lowest BCUT2D eigenvalue weighted by Gasteiger charge is -2.22. The van der Waals surface area contributed by atoms with Gasteiger partial charge in [0.05, 0.1) is 16.9 Å². The summed E-state index contributed by atoms with van der Waals surface area (Å²) >= 11 is 0. The second kappa shape index (κ2) is 10.8. The fourth-order valence-electron chi connectivity index (χ4n) is 4.50. The van der Waals surface area contributed by atoms with E-state index in [1.54, 1.807) is 12.1 Å². The van der Waals surface area contributed by atoms with Gasteiger partial charge in [-0.15, -0.1) is 5.06 Å². The van der Waals surface area contributed by atoms with E-state index in [0.717, 1.165) is 21.9 Å². The Kier molecular flexibility index (Phi) is 6.86. The molecule has 4 aromatic carbocycles. The lowest BCUT2D eigenvalue weighted by atomic mass is 10.1. The van der Waals surface area contributed by atoms with Crippen LogP contribution in [0.1, 0.15) is 10.4 Å². The second-order valence-electron chi connectivity index (χ2n) is 9.30. The summed E-state index contributed by atoms with van der Waals surface area (Å²) in [5, 5.41) is 5.27. The molecule has 0 saturated heterocycles. The molecule has 0 spiro atoms. The Morgan fingerprint density at radius 1 is 0.860 bits per heavy atom. The SMILES string of the molecule is Nc1ccccc1C(=O)N(OC(=O)C(F)(F)F)c1ccc(Nc2cc(-c3cccc4c3oc3ccccc34)ncn2)cc1. The number of carbonyl (C=O) groups is 2. The number of rotatable bonds is 5. The van der Waals surface area contributed by atoms with Gasteiger partial charge in [0.2, 0.25) is 0 Å². The van der Waals surface area contributed by atoms with Gasteiger partial charge in [0.25, 0.3) is 5.91 Å². The summed E-state index contributed by atoms with van der Waals surface area (Å²) in [6.45, 7) is 0. The van der Waals surface area contributed by atoms with Crippen molar-refractivity contribution in [3.63, 3.8) is 0 Å². The van der Waals surface area contributed by atoms with E-state index in [-0.39, 0.29) is 22.0 Å². The van der Waals surface area contributed by atoms with Gasteiger partial charge in [-0.3, -0.25) is 4.79 Å². The fraction of sp³-hybridized carbons (Fsp3) is 0.0323. The number of nitrogen functional groups attached to an aromatic ring is 1. The third-order valence-electron chi connectivity index (χ3n) is 6.50. The Morgan fingerprint density at radius 3 is 2.35 bits per heavy atom. The van der Waals surface area contributed by atoms with Crippen LogP contribution in [-0.4, -0.2) is 28.0 Å². The molecule has 12 heteroatoms. The molecule has 0 radical (unpaired) electrons. The molecule has 0 fully saturated rings. The van der Waals surface area contributed by atoms with Crippen LogP contribution in [0.3, 0.4) is 0 Å². The van der Waals surface area contributed by atoms with Crippen LogP contribution >= 0.6 is 0 Å². The number of anilines is 4. The fourth-order valence-corrected chi connectivity index (χ4v) is 4.50. The maximum Gasteiger partial charge on any atom is 0.493 e. The van der Waals surface area contributed by atoms with E-state index in [1.807, 2.05) is 42.5 Å². The standard InChI is InChI=1S/C31H20F3N5O4/c32-31(33,34)30(41)43-39(29(40)22-7-1-3-10-24(22)35)19-14-12-18(13-15-19)38-27-16-25(36-17-37-27)23-9-5-8-21-20-6-2-4-11-26(20)42-28(21)23/h1-17H,35H2,(H,36,37,38). The van der Waals surface area contributed by atoms with Crippen LogP contribution < -0.4 is 16.1 Å². The number of carbonyl (C=O) groups excluding carboxylic acids is 2. The minimum atomic E-state index is -5.33. The highest BCUT2D eigenvalue weighted by Gasteiger charge is 2.44. The highest BCUT2D eigenvalue weighted by atomic mass is 19.4. The summed E-state index contributed by atoms with van der Waals surface area (Å²) in [4.78, 5) is 37.9. The topological polar surface area (TPSA) is 124 Å². The number of hydrogen-bond acceptors (Lipinski definition) is 8. The number of furan rings is 1. The summed E-state index contributed by atoms with van der Waals surface area (Å²) in [6.07, 6.45) is -3.95. The Hall–Kier alpha value is -5.91. The minimum absolute atomic E-state index is 0.00301. The van der Waals surface area contributed by atoms with Gasteiger partial charge in [-0.05, 0) is 48.5 Å². The Labute approximate surface area is 241 Å². The van der Waals surface area contributed by atoms with Crippen LogP contribution in [-0.2, 0) is 9.63 Å². The van der Waals surface area contributed by atoms with Gasteiger partial charge in [0.1, 0.15) is 23.3 Å². The number of benzene rings is 4. The summed E-state index contributed by atoms with van der Waals surface area (Å²) in [6, 6.07) is 26.5. The van der Waals surface area contributed by atoms with Crippen molar-refractivity contribution >= 4 is 56.7 Å². The van der Waals surface area contributed by atoms with E-state index < -0.39 is 18.1 Å². The van der Waals surface area contributed by atoms with E-state index in [4.69, 9.17) is 10.2 Å². The molecule has 2 aromatic heterocycles. The van der Waals surface area contributed by atoms with Crippen molar-refractivity contribution < 1.29 is 32.0 Å². The van der Waals surface area contributed by atoms with Crippen molar-refractivity contribution in [3.8, 4) is 11.3 Å². The number of nitrogens with two attached hydrogens (primary N) is 1. The van der Waals surface area contributed by atoms with Crippen LogP contribution in [0, 0.1) is 0 Å². The molecule has 43 heavy (non-hydrogen) atoms. The number of hydroxylamine groups is 1. The van der Waals surface area contributed by atoms with E-state index in [0.29, 0.717) is 22.8 Å². The molecule has 0 saturated carbocycles. The first kappa shape index (κ1) is 27.3. The number of nitrogens with one attached hydrogen (secondary N) is 1. The molecule has 2 heterocycles. The van der Waals surface area contributed by atoms with E-state index in [1.165, 1.54) is 48.8 Å². The molecule has 3 N–H and O–H groups in total. The maximum absolute atomic E-state index is 13.1. The zero-order valence-electron chi connectivity index (χ0n) is 22.0. The third-order valence-corrected chi connectivity index (χ3v) is 6.50. The van der Waals surface area contributed by atoms with Crippen molar-refractivity contribution in [3.05, 3.63) is 109 Å². The maximum atomic E-state index is 13.1. The lowest BCUT2D eigenvalue weighted by Crippen LogP contribution is -2.39. The van der Waals surface area contributed by atoms with Gasteiger partial charge in [-0.25, -0.2) is 14.8 Å². The summed E-state index contributed by atoms with van der Waals surface area (Å²) < 4.78 is 45.1. The molecule has 6 rings (SSSR count).